The maximum Gasteiger partial charge on any atom is 0.234 e. The number of allylic oxidation sites excluding steroid dienone is 1. The number of benzene rings is 2. The lowest BCUT2D eigenvalue weighted by Gasteiger charge is -2.32. The largest absolute Gasteiger partial charge is 0.382 e. The Bertz CT molecular complexity index is 1260. The van der Waals surface area contributed by atoms with Gasteiger partial charge in [0.15, 0.2) is 11.6 Å². The molecule has 2 aromatic rings. The van der Waals surface area contributed by atoms with Crippen molar-refractivity contribution in [2.45, 2.75) is 75.4 Å². The van der Waals surface area contributed by atoms with Crippen LogP contribution in [-0.2, 0) is 9.59 Å². The number of fused-ring (bicyclic) bond motifs is 3. The molecule has 2 aromatic carbocycles. The fourth-order valence-electron chi connectivity index (χ4n) is 5.76. The quantitative estimate of drug-likeness (QED) is 0.525. The second kappa shape index (κ2) is 8.36. The normalized spacial score (nSPS) is 21.6. The number of hydrogen-bond acceptors (Lipinski definition) is 6. The molecule has 5 rings (SSSR count). The highest BCUT2D eigenvalue weighted by atomic mass is 16.3. The van der Waals surface area contributed by atoms with E-state index in [1.54, 1.807) is 30.3 Å². The van der Waals surface area contributed by atoms with E-state index in [0.29, 0.717) is 42.0 Å². The first kappa shape index (κ1) is 22.8. The van der Waals surface area contributed by atoms with E-state index in [9.17, 15) is 29.4 Å². The van der Waals surface area contributed by atoms with Crippen LogP contribution in [0.4, 0.5) is 0 Å². The number of ketones is 4. The van der Waals surface area contributed by atoms with Gasteiger partial charge in [0, 0.05) is 22.8 Å². The van der Waals surface area contributed by atoms with Gasteiger partial charge in [-0.15, -0.1) is 0 Å². The van der Waals surface area contributed by atoms with E-state index in [1.165, 1.54) is 0 Å². The van der Waals surface area contributed by atoms with E-state index in [2.05, 4.69) is 0 Å². The van der Waals surface area contributed by atoms with Gasteiger partial charge in [-0.2, -0.15) is 0 Å². The molecule has 3 aliphatic carbocycles. The Hall–Kier alpha value is -2.96. The lowest BCUT2D eigenvalue weighted by atomic mass is 9.74. The van der Waals surface area contributed by atoms with Crippen molar-refractivity contribution < 1.29 is 29.4 Å². The van der Waals surface area contributed by atoms with Crippen LogP contribution in [0, 0.1) is 0 Å². The summed E-state index contributed by atoms with van der Waals surface area (Å²) in [7, 11) is 0. The van der Waals surface area contributed by atoms with Gasteiger partial charge in [-0.3, -0.25) is 19.2 Å². The SMILES string of the molecule is O=C1C=C(C(=O)C2(O)CCCCC2)c2ccc3ccc(C(=O)C4(O)CCCCC4)cc3c2C1=O. The van der Waals surface area contributed by atoms with Crippen LogP contribution in [0.15, 0.2) is 36.4 Å². The molecule has 0 radical (unpaired) electrons. The molecule has 0 heterocycles. The minimum Gasteiger partial charge on any atom is -0.382 e. The summed E-state index contributed by atoms with van der Waals surface area (Å²) in [6, 6.07) is 8.25. The Morgan fingerprint density at radius 2 is 1.29 bits per heavy atom. The average Bonchev–Trinajstić information content (AvgIpc) is 2.85. The first-order valence-electron chi connectivity index (χ1n) is 12.2. The molecule has 2 fully saturated rings. The van der Waals surface area contributed by atoms with E-state index in [4.69, 9.17) is 0 Å². The number of hydrogen-bond donors (Lipinski definition) is 2. The highest BCUT2D eigenvalue weighted by molar-refractivity contribution is 6.55. The van der Waals surface area contributed by atoms with Crippen LogP contribution < -0.4 is 0 Å². The van der Waals surface area contributed by atoms with Gasteiger partial charge in [0.1, 0.15) is 11.2 Å². The van der Waals surface area contributed by atoms with Crippen LogP contribution in [0.2, 0.25) is 0 Å². The summed E-state index contributed by atoms with van der Waals surface area (Å²) in [6.07, 6.45) is 7.41. The molecule has 0 spiro atoms. The Labute approximate surface area is 197 Å². The van der Waals surface area contributed by atoms with Crippen LogP contribution in [0.25, 0.3) is 16.3 Å². The van der Waals surface area contributed by atoms with Gasteiger partial charge < -0.3 is 10.2 Å². The summed E-state index contributed by atoms with van der Waals surface area (Å²) in [4.78, 5) is 52.2. The van der Waals surface area contributed by atoms with Crippen molar-refractivity contribution >= 4 is 39.5 Å². The van der Waals surface area contributed by atoms with Crippen LogP contribution in [0.3, 0.4) is 0 Å². The molecule has 0 amide bonds. The summed E-state index contributed by atoms with van der Waals surface area (Å²) < 4.78 is 0. The summed E-state index contributed by atoms with van der Waals surface area (Å²) >= 11 is 0. The highest BCUT2D eigenvalue weighted by Gasteiger charge is 2.42. The first-order chi connectivity index (χ1) is 16.2. The van der Waals surface area contributed by atoms with Gasteiger partial charge in [-0.25, -0.2) is 0 Å². The number of carbonyl (C=O) groups excluding carboxylic acids is 4. The second-order valence-corrected chi connectivity index (χ2v) is 10.0. The lowest BCUT2D eigenvalue weighted by Crippen LogP contribution is -2.42. The number of Topliss-reactive ketones (excluding diaryl/α,β-unsaturated/α-hetero) is 3. The van der Waals surface area contributed by atoms with Crippen LogP contribution in [-0.4, -0.2) is 44.5 Å². The van der Waals surface area contributed by atoms with Gasteiger partial charge in [0.2, 0.25) is 11.6 Å². The maximum atomic E-state index is 13.4. The van der Waals surface area contributed by atoms with E-state index >= 15 is 0 Å². The maximum absolute atomic E-state index is 13.4. The fraction of sp³-hybridized carbons (Fsp3) is 0.429. The van der Waals surface area contributed by atoms with E-state index in [-0.39, 0.29) is 22.5 Å². The molecule has 176 valence electrons. The highest BCUT2D eigenvalue weighted by Crippen LogP contribution is 2.39. The summed E-state index contributed by atoms with van der Waals surface area (Å²) in [5, 5.41) is 23.0. The topological polar surface area (TPSA) is 109 Å². The second-order valence-electron chi connectivity index (χ2n) is 10.0. The molecule has 0 aromatic heterocycles. The van der Waals surface area contributed by atoms with Gasteiger partial charge in [-0.05, 0) is 48.1 Å². The molecule has 2 N–H and O–H groups in total. The van der Waals surface area contributed by atoms with Crippen LogP contribution in [0.1, 0.15) is 90.5 Å². The smallest absolute Gasteiger partial charge is 0.234 e. The van der Waals surface area contributed by atoms with Crippen molar-refractivity contribution in [2.75, 3.05) is 0 Å². The molecule has 0 aliphatic heterocycles. The molecular formula is C28H28O6. The third kappa shape index (κ3) is 3.65. The average molecular weight is 461 g/mol. The predicted molar refractivity (Wildman–Crippen MR) is 127 cm³/mol. The molecule has 6 heteroatoms. The molecular weight excluding hydrogens is 432 g/mol. The monoisotopic (exact) mass is 460 g/mol. The Morgan fingerprint density at radius 3 is 1.91 bits per heavy atom. The lowest BCUT2D eigenvalue weighted by molar-refractivity contribution is -0.134. The van der Waals surface area contributed by atoms with Crippen LogP contribution >= 0.6 is 0 Å². The molecule has 2 saturated carbocycles. The van der Waals surface area contributed by atoms with Crippen molar-refractivity contribution in [3.63, 3.8) is 0 Å². The molecule has 0 unspecified atom stereocenters. The zero-order valence-corrected chi connectivity index (χ0v) is 19.1. The summed E-state index contributed by atoms with van der Waals surface area (Å²) in [6.45, 7) is 0. The number of aliphatic hydroxyl groups is 2. The number of rotatable bonds is 4. The minimum atomic E-state index is -1.54. The third-order valence-corrected chi connectivity index (χ3v) is 7.75. The zero-order valence-electron chi connectivity index (χ0n) is 19.1. The van der Waals surface area contributed by atoms with Crippen LogP contribution in [0.5, 0.6) is 0 Å². The van der Waals surface area contributed by atoms with Crippen molar-refractivity contribution in [1.29, 1.82) is 0 Å². The van der Waals surface area contributed by atoms with Gasteiger partial charge in [0.25, 0.3) is 0 Å². The minimum absolute atomic E-state index is 0.0496. The molecule has 0 atom stereocenters. The standard InChI is InChI=1S/C28H28O6/c29-22-16-21(26(32)28(34)13-5-2-6-14-28)19-10-9-17-7-8-18(15-20(17)23(19)24(22)30)25(31)27(33)11-3-1-4-12-27/h7-10,15-16,33-34H,1-6,11-14H2. The van der Waals surface area contributed by atoms with E-state index in [1.807, 2.05) is 0 Å². The first-order valence-corrected chi connectivity index (χ1v) is 12.2. The zero-order chi connectivity index (χ0) is 24.1. The van der Waals surface area contributed by atoms with Crippen molar-refractivity contribution in [1.82, 2.24) is 0 Å². The predicted octanol–water partition coefficient (Wildman–Crippen LogP) is 4.13. The molecule has 0 bridgehead atoms. The van der Waals surface area contributed by atoms with Gasteiger partial charge in [-0.1, -0.05) is 62.8 Å². The molecule has 34 heavy (non-hydrogen) atoms. The molecule has 3 aliphatic rings. The van der Waals surface area contributed by atoms with E-state index < -0.39 is 28.6 Å². The number of carbonyl (C=O) groups is 4. The summed E-state index contributed by atoms with van der Waals surface area (Å²) in [5.74, 6) is -2.47. The van der Waals surface area contributed by atoms with Gasteiger partial charge in [0.05, 0.1) is 0 Å². The van der Waals surface area contributed by atoms with Gasteiger partial charge >= 0.3 is 0 Å². The Kier molecular flexibility index (Phi) is 5.61. The summed E-state index contributed by atoms with van der Waals surface area (Å²) in [5.41, 5.74) is -2.25. The third-order valence-electron chi connectivity index (χ3n) is 7.75. The Balaban J connectivity index is 1.62. The Morgan fingerprint density at radius 1 is 0.735 bits per heavy atom. The van der Waals surface area contributed by atoms with E-state index in [0.717, 1.165) is 44.6 Å². The fourth-order valence-corrected chi connectivity index (χ4v) is 5.76. The van der Waals surface area contributed by atoms with Crippen molar-refractivity contribution in [3.05, 3.63) is 53.1 Å². The molecule has 0 saturated heterocycles. The van der Waals surface area contributed by atoms with Crippen molar-refractivity contribution in [3.8, 4) is 0 Å². The molecule has 6 nitrogen and oxygen atoms in total. The van der Waals surface area contributed by atoms with Crippen molar-refractivity contribution in [2.24, 2.45) is 0 Å².